The van der Waals surface area contributed by atoms with Gasteiger partial charge in [-0.2, -0.15) is 13.2 Å². The number of hydrogen-bond donors (Lipinski definition) is 1. The SMILES string of the molecule is Cn1c(C(F)(F)F)nn(CCNC(=O)c2ccc(OC(F)(F)F)cc2)c1=O. The van der Waals surface area contributed by atoms with Gasteiger partial charge in [0.05, 0.1) is 6.54 Å². The number of aromatic nitrogens is 3. The molecule has 0 radical (unpaired) electrons. The number of benzene rings is 1. The molecule has 2 aromatic rings. The molecule has 0 atom stereocenters. The average molecular weight is 398 g/mol. The van der Waals surface area contributed by atoms with E-state index in [1.807, 2.05) is 0 Å². The van der Waals surface area contributed by atoms with Crippen molar-refractivity contribution in [2.24, 2.45) is 7.05 Å². The van der Waals surface area contributed by atoms with Crippen LogP contribution in [0.1, 0.15) is 16.2 Å². The molecule has 0 bridgehead atoms. The van der Waals surface area contributed by atoms with Gasteiger partial charge in [0.2, 0.25) is 5.82 Å². The largest absolute Gasteiger partial charge is 0.573 e. The Balaban J connectivity index is 1.96. The molecule has 7 nitrogen and oxygen atoms in total. The van der Waals surface area contributed by atoms with Crippen molar-refractivity contribution in [2.75, 3.05) is 6.54 Å². The number of amides is 1. The maximum Gasteiger partial charge on any atom is 0.573 e. The van der Waals surface area contributed by atoms with E-state index in [0.29, 0.717) is 9.25 Å². The minimum absolute atomic E-state index is 0.00567. The number of carbonyl (C=O) groups is 1. The van der Waals surface area contributed by atoms with Crippen LogP contribution in [0.4, 0.5) is 26.3 Å². The second kappa shape index (κ2) is 7.32. The topological polar surface area (TPSA) is 78.2 Å². The van der Waals surface area contributed by atoms with Gasteiger partial charge in [0.1, 0.15) is 5.75 Å². The predicted octanol–water partition coefficient (Wildman–Crippen LogP) is 1.93. The Bertz CT molecular complexity index is 867. The summed E-state index contributed by atoms with van der Waals surface area (Å²) < 4.78 is 78.7. The van der Waals surface area contributed by atoms with Crippen molar-refractivity contribution in [3.63, 3.8) is 0 Å². The number of ether oxygens (including phenoxy) is 1. The molecule has 2 rings (SSSR count). The van der Waals surface area contributed by atoms with E-state index in [1.165, 1.54) is 0 Å². The number of hydrogen-bond acceptors (Lipinski definition) is 4. The van der Waals surface area contributed by atoms with Gasteiger partial charge in [0.15, 0.2) is 0 Å². The molecule has 0 saturated carbocycles. The zero-order chi connectivity index (χ0) is 20.4. The molecule has 1 heterocycles. The van der Waals surface area contributed by atoms with Crippen LogP contribution in [-0.4, -0.2) is 33.2 Å². The van der Waals surface area contributed by atoms with Crippen molar-refractivity contribution < 1.29 is 35.9 Å². The van der Waals surface area contributed by atoms with Gasteiger partial charge in [-0.3, -0.25) is 9.36 Å². The molecule has 1 amide bonds. The highest BCUT2D eigenvalue weighted by atomic mass is 19.4. The molecule has 1 N–H and O–H groups in total. The smallest absolute Gasteiger partial charge is 0.406 e. The van der Waals surface area contributed by atoms with E-state index in [4.69, 9.17) is 0 Å². The molecule has 148 valence electrons. The molecule has 13 heteroatoms. The van der Waals surface area contributed by atoms with Crippen LogP contribution in [0.3, 0.4) is 0 Å². The molecule has 0 aliphatic rings. The first-order chi connectivity index (χ1) is 12.4. The van der Waals surface area contributed by atoms with E-state index in [0.717, 1.165) is 31.3 Å². The first-order valence-corrected chi connectivity index (χ1v) is 7.23. The molecule has 1 aromatic heterocycles. The summed E-state index contributed by atoms with van der Waals surface area (Å²) in [6, 6.07) is 4.01. The van der Waals surface area contributed by atoms with E-state index in [1.54, 1.807) is 0 Å². The second-order valence-corrected chi connectivity index (χ2v) is 5.21. The number of halogens is 6. The molecular weight excluding hydrogens is 386 g/mol. The molecule has 1 aromatic carbocycles. The van der Waals surface area contributed by atoms with Gasteiger partial charge in [-0.05, 0) is 24.3 Å². The molecule has 0 fully saturated rings. The average Bonchev–Trinajstić information content (AvgIpc) is 2.82. The minimum Gasteiger partial charge on any atom is -0.406 e. The Kier molecular flexibility index (Phi) is 5.51. The van der Waals surface area contributed by atoms with Crippen molar-refractivity contribution in [3.8, 4) is 5.75 Å². The third kappa shape index (κ3) is 5.24. The summed E-state index contributed by atoms with van der Waals surface area (Å²) in [4.78, 5) is 23.6. The number of nitrogens with one attached hydrogen (secondary N) is 1. The van der Waals surface area contributed by atoms with Crippen LogP contribution in [0.2, 0.25) is 0 Å². The fourth-order valence-electron chi connectivity index (χ4n) is 2.07. The van der Waals surface area contributed by atoms with Gasteiger partial charge in [0, 0.05) is 19.2 Å². The van der Waals surface area contributed by atoms with Crippen molar-refractivity contribution in [2.45, 2.75) is 19.1 Å². The summed E-state index contributed by atoms with van der Waals surface area (Å²) in [5.41, 5.74) is -1.01. The zero-order valence-electron chi connectivity index (χ0n) is 13.6. The molecular formula is C14H12F6N4O3. The Hall–Kier alpha value is -2.99. The van der Waals surface area contributed by atoms with Gasteiger partial charge in [0.25, 0.3) is 5.91 Å². The number of rotatable bonds is 5. The fourth-order valence-corrected chi connectivity index (χ4v) is 2.07. The lowest BCUT2D eigenvalue weighted by Gasteiger charge is -2.09. The molecule has 0 saturated heterocycles. The molecule has 0 unspecified atom stereocenters. The lowest BCUT2D eigenvalue weighted by molar-refractivity contribution is -0.274. The van der Waals surface area contributed by atoms with Crippen LogP contribution in [0.25, 0.3) is 0 Å². The van der Waals surface area contributed by atoms with Crippen LogP contribution >= 0.6 is 0 Å². The molecule has 27 heavy (non-hydrogen) atoms. The summed E-state index contributed by atoms with van der Waals surface area (Å²) >= 11 is 0. The third-order valence-electron chi connectivity index (χ3n) is 3.25. The highest BCUT2D eigenvalue weighted by molar-refractivity contribution is 5.94. The van der Waals surface area contributed by atoms with Crippen LogP contribution in [0.15, 0.2) is 29.1 Å². The van der Waals surface area contributed by atoms with Gasteiger partial charge >= 0.3 is 18.2 Å². The summed E-state index contributed by atoms with van der Waals surface area (Å²) in [5.74, 6) is -2.59. The molecule has 0 aliphatic heterocycles. The normalized spacial score (nSPS) is 12.1. The Morgan fingerprint density at radius 2 is 1.74 bits per heavy atom. The van der Waals surface area contributed by atoms with Gasteiger partial charge in [-0.25, -0.2) is 9.48 Å². The first-order valence-electron chi connectivity index (χ1n) is 7.23. The summed E-state index contributed by atoms with van der Waals surface area (Å²) in [5, 5.41) is 5.48. The second-order valence-electron chi connectivity index (χ2n) is 5.21. The van der Waals surface area contributed by atoms with E-state index in [-0.39, 0.29) is 18.7 Å². The molecule has 0 spiro atoms. The monoisotopic (exact) mass is 398 g/mol. The third-order valence-corrected chi connectivity index (χ3v) is 3.25. The number of alkyl halides is 6. The summed E-state index contributed by atoms with van der Waals surface area (Å²) in [6.45, 7) is -0.558. The van der Waals surface area contributed by atoms with Crippen LogP contribution in [0, 0.1) is 0 Å². The lowest BCUT2D eigenvalue weighted by Crippen LogP contribution is -2.31. The quantitative estimate of drug-likeness (QED) is 0.781. The first kappa shape index (κ1) is 20.3. The Morgan fingerprint density at radius 3 is 2.22 bits per heavy atom. The van der Waals surface area contributed by atoms with Crippen molar-refractivity contribution in [1.82, 2.24) is 19.7 Å². The Morgan fingerprint density at radius 1 is 1.15 bits per heavy atom. The lowest BCUT2D eigenvalue weighted by atomic mass is 10.2. The van der Waals surface area contributed by atoms with E-state index < -0.39 is 35.7 Å². The van der Waals surface area contributed by atoms with Crippen LogP contribution in [-0.2, 0) is 19.8 Å². The van der Waals surface area contributed by atoms with Crippen LogP contribution in [0.5, 0.6) is 5.75 Å². The van der Waals surface area contributed by atoms with Gasteiger partial charge < -0.3 is 10.1 Å². The van der Waals surface area contributed by atoms with E-state index >= 15 is 0 Å². The minimum atomic E-state index is -4.87. The van der Waals surface area contributed by atoms with Gasteiger partial charge in [-0.1, -0.05) is 0 Å². The summed E-state index contributed by atoms with van der Waals surface area (Å²) in [7, 11) is 0.914. The van der Waals surface area contributed by atoms with Gasteiger partial charge in [-0.15, -0.1) is 18.3 Å². The highest BCUT2D eigenvalue weighted by Crippen LogP contribution is 2.26. The maximum absolute atomic E-state index is 12.7. The standard InChI is InChI=1S/C14H12F6N4O3/c1-23-11(13(15,16)17)22-24(12(23)26)7-6-21-10(25)8-2-4-9(5-3-8)27-14(18,19)20/h2-5H,6-7H2,1H3,(H,21,25). The molecule has 0 aliphatic carbocycles. The maximum atomic E-state index is 12.7. The summed E-state index contributed by atoms with van der Waals surface area (Å²) in [6.07, 6.45) is -9.67. The predicted molar refractivity (Wildman–Crippen MR) is 77.9 cm³/mol. The van der Waals surface area contributed by atoms with Crippen molar-refractivity contribution >= 4 is 5.91 Å². The Labute approximate surface area is 147 Å². The number of nitrogens with zero attached hydrogens (tertiary/aromatic N) is 3. The van der Waals surface area contributed by atoms with Crippen molar-refractivity contribution in [3.05, 3.63) is 46.1 Å². The zero-order valence-corrected chi connectivity index (χ0v) is 13.6. The van der Waals surface area contributed by atoms with E-state index in [2.05, 4.69) is 15.2 Å². The number of carbonyl (C=O) groups excluding carboxylic acids is 1. The highest BCUT2D eigenvalue weighted by Gasteiger charge is 2.38. The van der Waals surface area contributed by atoms with Crippen molar-refractivity contribution in [1.29, 1.82) is 0 Å². The van der Waals surface area contributed by atoms with E-state index in [9.17, 15) is 35.9 Å². The van der Waals surface area contributed by atoms with Crippen LogP contribution < -0.4 is 15.7 Å². The fraction of sp³-hybridized carbons (Fsp3) is 0.357.